The molecule has 2 aliphatic heterocycles. The van der Waals surface area contributed by atoms with Crippen LogP contribution in [0.25, 0.3) is 0 Å². The lowest BCUT2D eigenvalue weighted by atomic mass is 10.2. The van der Waals surface area contributed by atoms with Crippen LogP contribution >= 0.6 is 0 Å². The van der Waals surface area contributed by atoms with Crippen LogP contribution in [0.15, 0.2) is 24.3 Å². The van der Waals surface area contributed by atoms with Gasteiger partial charge in [-0.15, -0.1) is 6.42 Å². The number of carbonyl (C=O) groups is 2. The molecule has 0 bridgehead atoms. The van der Waals surface area contributed by atoms with E-state index in [1.165, 1.54) is 0 Å². The Bertz CT molecular complexity index is 677. The van der Waals surface area contributed by atoms with Crippen LogP contribution in [0.4, 0.5) is 0 Å². The number of amides is 2. The van der Waals surface area contributed by atoms with Crippen molar-refractivity contribution >= 4 is 11.8 Å². The van der Waals surface area contributed by atoms with Gasteiger partial charge < -0.3 is 24.6 Å². The molecule has 3 rings (SSSR count). The fourth-order valence-electron chi connectivity index (χ4n) is 3.00. The first-order chi connectivity index (χ1) is 12.2. The van der Waals surface area contributed by atoms with Gasteiger partial charge in [-0.3, -0.25) is 9.59 Å². The summed E-state index contributed by atoms with van der Waals surface area (Å²) >= 11 is 0. The Kier molecular flexibility index (Phi) is 5.41. The highest BCUT2D eigenvalue weighted by molar-refractivity contribution is 5.82. The first kappa shape index (κ1) is 17.1. The van der Waals surface area contributed by atoms with Gasteiger partial charge in [0, 0.05) is 0 Å². The molecular weight excluding hydrogens is 322 g/mol. The molecule has 1 fully saturated rings. The number of para-hydroxylation sites is 2. The number of quaternary nitrogens is 1. The summed E-state index contributed by atoms with van der Waals surface area (Å²) in [6.07, 6.45) is 4.51. The van der Waals surface area contributed by atoms with E-state index in [4.69, 9.17) is 15.9 Å². The molecule has 0 unspecified atom stereocenters. The van der Waals surface area contributed by atoms with Crippen molar-refractivity contribution in [2.75, 3.05) is 45.9 Å². The molecule has 25 heavy (non-hydrogen) atoms. The molecule has 132 valence electrons. The molecule has 1 atom stereocenters. The summed E-state index contributed by atoms with van der Waals surface area (Å²) in [6, 6.07) is 7.34. The highest BCUT2D eigenvalue weighted by Gasteiger charge is 2.33. The van der Waals surface area contributed by atoms with Gasteiger partial charge in [-0.05, 0) is 12.1 Å². The van der Waals surface area contributed by atoms with Crippen LogP contribution in [0.2, 0.25) is 0 Å². The maximum Gasteiger partial charge on any atom is 0.275 e. The van der Waals surface area contributed by atoms with E-state index in [0.29, 0.717) is 31.1 Å². The quantitative estimate of drug-likeness (QED) is 0.639. The van der Waals surface area contributed by atoms with E-state index < -0.39 is 6.10 Å². The van der Waals surface area contributed by atoms with Crippen molar-refractivity contribution in [3.63, 3.8) is 0 Å². The molecule has 7 nitrogen and oxygen atoms in total. The molecule has 0 spiro atoms. The summed E-state index contributed by atoms with van der Waals surface area (Å²) in [5.41, 5.74) is 0. The minimum absolute atomic E-state index is 0.0617. The van der Waals surface area contributed by atoms with Gasteiger partial charge in [0.05, 0.1) is 32.7 Å². The van der Waals surface area contributed by atoms with Crippen LogP contribution in [-0.2, 0) is 9.59 Å². The number of rotatable bonds is 4. The first-order valence-electron chi connectivity index (χ1n) is 8.38. The number of ether oxygens (including phenoxy) is 2. The van der Waals surface area contributed by atoms with Crippen molar-refractivity contribution in [2.45, 2.75) is 6.10 Å². The molecular formula is C18H22N3O4+. The molecule has 2 heterocycles. The lowest BCUT2D eigenvalue weighted by molar-refractivity contribution is -0.896. The zero-order valence-electron chi connectivity index (χ0n) is 14.0. The number of nitrogens with zero attached hydrogens (tertiary/aromatic N) is 1. The Morgan fingerprint density at radius 1 is 1.28 bits per heavy atom. The molecule has 2 amide bonds. The third-order valence-corrected chi connectivity index (χ3v) is 4.36. The maximum atomic E-state index is 12.6. The first-order valence-corrected chi connectivity index (χ1v) is 8.38. The Labute approximate surface area is 146 Å². The number of hydrogen-bond acceptors (Lipinski definition) is 4. The number of carbonyl (C=O) groups excluding carboxylic acids is 2. The average molecular weight is 344 g/mol. The van der Waals surface area contributed by atoms with E-state index in [9.17, 15) is 9.59 Å². The van der Waals surface area contributed by atoms with Crippen LogP contribution in [-0.4, -0.2) is 68.7 Å². The van der Waals surface area contributed by atoms with Crippen LogP contribution in [0.5, 0.6) is 11.5 Å². The summed E-state index contributed by atoms with van der Waals surface area (Å²) in [6.45, 7) is 3.48. The van der Waals surface area contributed by atoms with Crippen LogP contribution in [0, 0.1) is 12.3 Å². The Morgan fingerprint density at radius 2 is 2.00 bits per heavy atom. The zero-order valence-corrected chi connectivity index (χ0v) is 14.0. The standard InChI is InChI=1S/C18H21N3O4/c1-2-7-19-17(22)12-20-8-10-21(11-9-20)18(23)16-13-24-14-5-3-4-6-15(14)25-16/h1,3-6,16H,7-13H2,(H,19,22)/p+1/t16-/m0/s1. The molecule has 0 radical (unpaired) electrons. The SMILES string of the molecule is C#CCNC(=O)C[NH+]1CCN(C(=O)[C@@H]2COc3ccccc3O2)CC1. The maximum absolute atomic E-state index is 12.6. The van der Waals surface area contributed by atoms with Gasteiger partial charge in [0.15, 0.2) is 18.0 Å². The van der Waals surface area contributed by atoms with Gasteiger partial charge in [-0.25, -0.2) is 0 Å². The Balaban J connectivity index is 1.48. The van der Waals surface area contributed by atoms with E-state index in [2.05, 4.69) is 11.2 Å². The van der Waals surface area contributed by atoms with E-state index in [1.807, 2.05) is 18.2 Å². The van der Waals surface area contributed by atoms with Gasteiger partial charge in [0.1, 0.15) is 6.61 Å². The van der Waals surface area contributed by atoms with Gasteiger partial charge in [-0.2, -0.15) is 0 Å². The van der Waals surface area contributed by atoms with Crippen LogP contribution in [0.3, 0.4) is 0 Å². The average Bonchev–Trinajstić information content (AvgIpc) is 2.66. The van der Waals surface area contributed by atoms with E-state index in [1.54, 1.807) is 11.0 Å². The second kappa shape index (κ2) is 7.90. The Hall–Kier alpha value is -2.72. The van der Waals surface area contributed by atoms with Crippen LogP contribution in [0.1, 0.15) is 0 Å². The zero-order chi connectivity index (χ0) is 17.6. The fraction of sp³-hybridized carbons (Fsp3) is 0.444. The summed E-state index contributed by atoms with van der Waals surface area (Å²) in [7, 11) is 0. The van der Waals surface area contributed by atoms with Crippen molar-refractivity contribution in [3.05, 3.63) is 24.3 Å². The number of nitrogens with one attached hydrogen (secondary N) is 2. The van der Waals surface area contributed by atoms with E-state index in [0.717, 1.165) is 18.0 Å². The molecule has 1 aromatic rings. The number of piperazine rings is 1. The molecule has 1 aromatic carbocycles. The number of hydrogen-bond donors (Lipinski definition) is 2. The molecule has 0 aromatic heterocycles. The lowest BCUT2D eigenvalue weighted by Gasteiger charge is -2.35. The fourth-order valence-corrected chi connectivity index (χ4v) is 3.00. The smallest absolute Gasteiger partial charge is 0.275 e. The minimum Gasteiger partial charge on any atom is -0.485 e. The topological polar surface area (TPSA) is 72.3 Å². The molecule has 0 aliphatic carbocycles. The second-order valence-electron chi connectivity index (χ2n) is 6.10. The molecule has 1 saturated heterocycles. The summed E-state index contributed by atoms with van der Waals surface area (Å²) in [5, 5.41) is 2.66. The van der Waals surface area contributed by atoms with Crippen molar-refractivity contribution in [1.82, 2.24) is 10.2 Å². The highest BCUT2D eigenvalue weighted by Crippen LogP contribution is 2.31. The largest absolute Gasteiger partial charge is 0.485 e. The van der Waals surface area contributed by atoms with Crippen molar-refractivity contribution in [3.8, 4) is 23.8 Å². The predicted molar refractivity (Wildman–Crippen MR) is 90.3 cm³/mol. The van der Waals surface area contributed by atoms with Gasteiger partial charge in [0.25, 0.3) is 11.8 Å². The second-order valence-corrected chi connectivity index (χ2v) is 6.10. The monoisotopic (exact) mass is 344 g/mol. The van der Waals surface area contributed by atoms with Crippen molar-refractivity contribution in [2.24, 2.45) is 0 Å². The van der Waals surface area contributed by atoms with Gasteiger partial charge in [-0.1, -0.05) is 18.1 Å². The van der Waals surface area contributed by atoms with Crippen LogP contribution < -0.4 is 19.7 Å². The third kappa shape index (κ3) is 4.22. The number of benzene rings is 1. The predicted octanol–water partition coefficient (Wildman–Crippen LogP) is -1.70. The number of terminal acetylenes is 1. The summed E-state index contributed by atoms with van der Waals surface area (Å²) in [5.74, 6) is 3.52. The van der Waals surface area contributed by atoms with Gasteiger partial charge >= 0.3 is 0 Å². The molecule has 7 heteroatoms. The van der Waals surface area contributed by atoms with E-state index in [-0.39, 0.29) is 25.0 Å². The normalized spacial score (nSPS) is 19.8. The van der Waals surface area contributed by atoms with Gasteiger partial charge in [0.2, 0.25) is 6.10 Å². The molecule has 2 aliphatic rings. The third-order valence-electron chi connectivity index (χ3n) is 4.36. The minimum atomic E-state index is -0.615. The van der Waals surface area contributed by atoms with Crippen molar-refractivity contribution in [1.29, 1.82) is 0 Å². The highest BCUT2D eigenvalue weighted by atomic mass is 16.6. The lowest BCUT2D eigenvalue weighted by Crippen LogP contribution is -3.16. The summed E-state index contributed by atoms with van der Waals surface area (Å²) < 4.78 is 11.4. The van der Waals surface area contributed by atoms with Crippen molar-refractivity contribution < 1.29 is 24.0 Å². The summed E-state index contributed by atoms with van der Waals surface area (Å²) in [4.78, 5) is 27.3. The van der Waals surface area contributed by atoms with E-state index >= 15 is 0 Å². The molecule has 2 N–H and O–H groups in total. The Morgan fingerprint density at radius 3 is 2.72 bits per heavy atom. The molecule has 0 saturated carbocycles. The number of fused-ring (bicyclic) bond motifs is 1.